The number of isothiocyanates is 1. The molecule has 0 radical (unpaired) electrons. The molecule has 2 rings (SSSR count). The molecule has 6 heteroatoms. The third-order valence-electron chi connectivity index (χ3n) is 3.53. The van der Waals surface area contributed by atoms with Gasteiger partial charge in [0.25, 0.3) is 0 Å². The van der Waals surface area contributed by atoms with Crippen molar-refractivity contribution in [2.45, 2.75) is 45.3 Å². The molecule has 0 spiro atoms. The number of hydrogen-bond acceptors (Lipinski definition) is 5. The molecule has 1 aliphatic heterocycles. The summed E-state index contributed by atoms with van der Waals surface area (Å²) >= 11 is 4.72. The van der Waals surface area contributed by atoms with Gasteiger partial charge >= 0.3 is 6.09 Å². The van der Waals surface area contributed by atoms with Crippen LogP contribution in [0.1, 0.15) is 33.6 Å². The predicted molar refractivity (Wildman–Crippen MR) is 95.7 cm³/mol. The fourth-order valence-electron chi connectivity index (χ4n) is 2.66. The van der Waals surface area contributed by atoms with Crippen molar-refractivity contribution in [2.24, 2.45) is 4.99 Å². The smallest absolute Gasteiger partial charge is 0.407 e. The van der Waals surface area contributed by atoms with Crippen molar-refractivity contribution >= 4 is 34.8 Å². The first-order valence-corrected chi connectivity index (χ1v) is 8.21. The maximum Gasteiger partial charge on any atom is 0.407 e. The van der Waals surface area contributed by atoms with Gasteiger partial charge in [-0.15, -0.1) is 0 Å². The summed E-state index contributed by atoms with van der Waals surface area (Å²) < 4.78 is 5.33. The number of hydrogen-bond donors (Lipinski definition) is 1. The standard InChI is InChI=1S/C17H23N3O2S/c1-17(2,3)22-16(21)19-13-7-6-10-20(11-13)15-9-5-4-8-14(15)18-12-23/h4-5,8-9,13H,6-7,10-11H2,1-3H3,(H,19,21). The van der Waals surface area contributed by atoms with Gasteiger partial charge in [-0.1, -0.05) is 12.1 Å². The van der Waals surface area contributed by atoms with Gasteiger partial charge in [-0.05, 0) is 58.0 Å². The van der Waals surface area contributed by atoms with Gasteiger partial charge in [-0.3, -0.25) is 0 Å². The number of amides is 1. The molecule has 23 heavy (non-hydrogen) atoms. The van der Waals surface area contributed by atoms with Gasteiger partial charge in [0.05, 0.1) is 16.5 Å². The minimum absolute atomic E-state index is 0.0584. The largest absolute Gasteiger partial charge is 0.444 e. The molecule has 1 heterocycles. The number of nitrogens with zero attached hydrogens (tertiary/aromatic N) is 2. The highest BCUT2D eigenvalue weighted by Crippen LogP contribution is 2.30. The summed E-state index contributed by atoms with van der Waals surface area (Å²) in [5.74, 6) is 0. The molecule has 0 saturated carbocycles. The number of benzene rings is 1. The molecule has 0 aliphatic carbocycles. The molecule has 1 atom stereocenters. The molecular weight excluding hydrogens is 310 g/mol. The average molecular weight is 333 g/mol. The van der Waals surface area contributed by atoms with Crippen molar-refractivity contribution in [1.82, 2.24) is 5.32 Å². The zero-order chi connectivity index (χ0) is 16.9. The lowest BCUT2D eigenvalue weighted by Gasteiger charge is -2.35. The number of alkyl carbamates (subject to hydrolysis) is 1. The van der Waals surface area contributed by atoms with E-state index in [1.165, 1.54) is 0 Å². The molecule has 0 aromatic heterocycles. The molecule has 1 fully saturated rings. The third kappa shape index (κ3) is 5.34. The van der Waals surface area contributed by atoms with Gasteiger partial charge in [0.2, 0.25) is 0 Å². The highest BCUT2D eigenvalue weighted by atomic mass is 32.1. The first kappa shape index (κ1) is 17.4. The summed E-state index contributed by atoms with van der Waals surface area (Å²) in [5.41, 5.74) is 1.33. The van der Waals surface area contributed by atoms with Gasteiger partial charge in [-0.25, -0.2) is 4.79 Å². The van der Waals surface area contributed by atoms with E-state index in [-0.39, 0.29) is 12.1 Å². The number of piperidine rings is 1. The van der Waals surface area contributed by atoms with Crippen LogP contribution in [0.2, 0.25) is 0 Å². The van der Waals surface area contributed by atoms with E-state index in [0.717, 1.165) is 37.3 Å². The molecule has 1 N–H and O–H groups in total. The molecule has 1 saturated heterocycles. The van der Waals surface area contributed by atoms with Gasteiger partial charge in [-0.2, -0.15) is 4.99 Å². The van der Waals surface area contributed by atoms with Crippen molar-refractivity contribution in [3.63, 3.8) is 0 Å². The number of nitrogens with one attached hydrogen (secondary N) is 1. The zero-order valence-corrected chi connectivity index (χ0v) is 14.7. The summed E-state index contributed by atoms with van der Waals surface area (Å²) in [6.07, 6.45) is 1.57. The average Bonchev–Trinajstić information content (AvgIpc) is 2.46. The number of para-hydroxylation sites is 2. The molecule has 1 amide bonds. The lowest BCUT2D eigenvalue weighted by atomic mass is 10.0. The molecule has 124 valence electrons. The molecule has 1 unspecified atom stereocenters. The lowest BCUT2D eigenvalue weighted by molar-refractivity contribution is 0.0500. The van der Waals surface area contributed by atoms with Crippen molar-refractivity contribution in [2.75, 3.05) is 18.0 Å². The van der Waals surface area contributed by atoms with Crippen LogP contribution in [-0.4, -0.2) is 36.0 Å². The number of thiocarbonyl (C=S) groups is 1. The molecule has 5 nitrogen and oxygen atoms in total. The Bertz CT molecular complexity index is 606. The second kappa shape index (κ2) is 7.57. The summed E-state index contributed by atoms with van der Waals surface area (Å²) in [6, 6.07) is 7.89. The van der Waals surface area contributed by atoms with Crippen LogP contribution in [0.25, 0.3) is 0 Å². The van der Waals surface area contributed by atoms with Crippen molar-refractivity contribution in [3.8, 4) is 0 Å². The van der Waals surface area contributed by atoms with Crippen LogP contribution < -0.4 is 10.2 Å². The number of ether oxygens (including phenoxy) is 1. The summed E-state index contributed by atoms with van der Waals surface area (Å²) in [7, 11) is 0. The fraction of sp³-hybridized carbons (Fsp3) is 0.529. The number of rotatable bonds is 3. The summed E-state index contributed by atoms with van der Waals surface area (Å²) in [6.45, 7) is 7.23. The van der Waals surface area contributed by atoms with E-state index in [0.29, 0.717) is 0 Å². The fourth-order valence-corrected chi connectivity index (χ4v) is 2.76. The van der Waals surface area contributed by atoms with E-state index < -0.39 is 5.60 Å². The Morgan fingerprint density at radius 1 is 1.43 bits per heavy atom. The Morgan fingerprint density at radius 3 is 2.87 bits per heavy atom. The Hall–Kier alpha value is -1.91. The monoisotopic (exact) mass is 333 g/mol. The van der Waals surface area contributed by atoms with Gasteiger partial charge in [0.15, 0.2) is 0 Å². The summed E-state index contributed by atoms with van der Waals surface area (Å²) in [5, 5.41) is 5.38. The third-order valence-corrected chi connectivity index (χ3v) is 3.62. The Morgan fingerprint density at radius 2 is 2.17 bits per heavy atom. The number of anilines is 1. The maximum atomic E-state index is 11.9. The van der Waals surface area contributed by atoms with Crippen LogP contribution in [0, 0.1) is 0 Å². The Labute approximate surface area is 142 Å². The Balaban J connectivity index is 2.04. The highest BCUT2D eigenvalue weighted by molar-refractivity contribution is 7.78. The van der Waals surface area contributed by atoms with Crippen molar-refractivity contribution in [3.05, 3.63) is 24.3 Å². The number of aliphatic imine (C=N–C) groups is 1. The van der Waals surface area contributed by atoms with E-state index in [1.54, 1.807) is 0 Å². The van der Waals surface area contributed by atoms with E-state index in [9.17, 15) is 4.79 Å². The van der Waals surface area contributed by atoms with Crippen molar-refractivity contribution in [1.29, 1.82) is 0 Å². The van der Waals surface area contributed by atoms with Gasteiger partial charge < -0.3 is 15.0 Å². The second-order valence-corrected chi connectivity index (χ2v) is 6.81. The lowest BCUT2D eigenvalue weighted by Crippen LogP contribution is -2.49. The van der Waals surface area contributed by atoms with E-state index in [1.807, 2.05) is 45.0 Å². The van der Waals surface area contributed by atoms with Crippen LogP contribution in [-0.2, 0) is 4.74 Å². The molecule has 1 aromatic rings. The molecular formula is C17H23N3O2S. The molecule has 1 aromatic carbocycles. The first-order chi connectivity index (χ1) is 10.9. The van der Waals surface area contributed by atoms with E-state index in [4.69, 9.17) is 17.0 Å². The topological polar surface area (TPSA) is 53.9 Å². The van der Waals surface area contributed by atoms with E-state index >= 15 is 0 Å². The zero-order valence-electron chi connectivity index (χ0n) is 13.8. The maximum absolute atomic E-state index is 11.9. The molecule has 1 aliphatic rings. The number of carbonyl (C=O) groups excluding carboxylic acids is 1. The highest BCUT2D eigenvalue weighted by Gasteiger charge is 2.25. The normalized spacial score (nSPS) is 18.0. The van der Waals surface area contributed by atoms with Gasteiger partial charge in [0.1, 0.15) is 5.60 Å². The predicted octanol–water partition coefficient (Wildman–Crippen LogP) is 3.91. The van der Waals surface area contributed by atoms with Crippen LogP contribution in [0.3, 0.4) is 0 Å². The SMILES string of the molecule is CC(C)(C)OC(=O)NC1CCCN(c2ccccc2N=C=S)C1. The van der Waals surface area contributed by atoms with Crippen LogP contribution >= 0.6 is 12.2 Å². The second-order valence-electron chi connectivity index (χ2n) is 6.62. The van der Waals surface area contributed by atoms with Crippen molar-refractivity contribution < 1.29 is 9.53 Å². The number of carbonyl (C=O) groups is 1. The quantitative estimate of drug-likeness (QED) is 0.673. The van der Waals surface area contributed by atoms with Crippen LogP contribution in [0.4, 0.5) is 16.2 Å². The van der Waals surface area contributed by atoms with Crippen LogP contribution in [0.15, 0.2) is 29.3 Å². The Kier molecular flexibility index (Phi) is 5.74. The first-order valence-electron chi connectivity index (χ1n) is 7.80. The van der Waals surface area contributed by atoms with Crippen LogP contribution in [0.5, 0.6) is 0 Å². The minimum atomic E-state index is -0.487. The van der Waals surface area contributed by atoms with E-state index in [2.05, 4.69) is 20.4 Å². The minimum Gasteiger partial charge on any atom is -0.444 e. The summed E-state index contributed by atoms with van der Waals surface area (Å²) in [4.78, 5) is 18.3. The van der Waals surface area contributed by atoms with Gasteiger partial charge in [0, 0.05) is 19.1 Å². The molecule has 0 bridgehead atoms.